The predicted octanol–water partition coefficient (Wildman–Crippen LogP) is 1.24. The summed E-state index contributed by atoms with van der Waals surface area (Å²) in [6.45, 7) is 7.48. The molecule has 0 saturated carbocycles. The second kappa shape index (κ2) is 12.1. The monoisotopic (exact) mass is 560 g/mol. The summed E-state index contributed by atoms with van der Waals surface area (Å²) in [5, 5.41) is 3.07. The van der Waals surface area contributed by atoms with E-state index in [1.807, 2.05) is 26.0 Å². The molecule has 0 aliphatic carbocycles. The van der Waals surface area contributed by atoms with E-state index in [0.717, 1.165) is 43.4 Å². The molecular formula is C26H32N4O10. The Balaban J connectivity index is 2.21. The molecule has 14 heteroatoms. The van der Waals surface area contributed by atoms with E-state index in [0.29, 0.717) is 11.4 Å². The van der Waals surface area contributed by atoms with Crippen LogP contribution in [0, 0.1) is 13.8 Å². The highest BCUT2D eigenvalue weighted by molar-refractivity contribution is 5.90. The number of esters is 4. The molecule has 216 valence electrons. The molecule has 0 bridgehead atoms. The number of aryl methyl sites for hydroxylation is 2. The zero-order valence-electron chi connectivity index (χ0n) is 23.3. The molecule has 1 aliphatic rings. The number of carbonyl (C=O) groups is 4. The van der Waals surface area contributed by atoms with Gasteiger partial charge in [-0.3, -0.25) is 33.5 Å². The Morgan fingerprint density at radius 2 is 1.43 bits per heavy atom. The van der Waals surface area contributed by atoms with Crippen LogP contribution in [0.4, 0.5) is 22.9 Å². The largest absolute Gasteiger partial charge is 0.462 e. The Morgan fingerprint density at radius 1 is 0.850 bits per heavy atom. The van der Waals surface area contributed by atoms with Crippen LogP contribution in [0.1, 0.15) is 38.8 Å². The van der Waals surface area contributed by atoms with Gasteiger partial charge in [0.1, 0.15) is 18.1 Å². The second-order valence-electron chi connectivity index (χ2n) is 9.38. The maximum atomic E-state index is 13.1. The number of ether oxygens (including phenoxy) is 4. The Kier molecular flexibility index (Phi) is 9.02. The van der Waals surface area contributed by atoms with Gasteiger partial charge in [-0.05, 0) is 37.1 Å². The van der Waals surface area contributed by atoms with Crippen molar-refractivity contribution in [2.45, 2.75) is 59.9 Å². The van der Waals surface area contributed by atoms with Crippen molar-refractivity contribution in [1.82, 2.24) is 9.55 Å². The highest BCUT2D eigenvalue weighted by Crippen LogP contribution is 2.42. The van der Waals surface area contributed by atoms with E-state index >= 15 is 0 Å². The average molecular weight is 561 g/mol. The van der Waals surface area contributed by atoms with Gasteiger partial charge in [-0.1, -0.05) is 0 Å². The molecule has 1 aromatic carbocycles. The number of rotatable bonds is 9. The molecule has 2 heterocycles. The third kappa shape index (κ3) is 6.68. The maximum absolute atomic E-state index is 13.1. The van der Waals surface area contributed by atoms with E-state index < -0.39 is 60.0 Å². The van der Waals surface area contributed by atoms with Crippen molar-refractivity contribution in [3.05, 3.63) is 44.1 Å². The van der Waals surface area contributed by atoms with E-state index in [9.17, 15) is 28.8 Å². The summed E-state index contributed by atoms with van der Waals surface area (Å²) in [4.78, 5) is 77.7. The molecule has 14 nitrogen and oxygen atoms in total. The fourth-order valence-corrected chi connectivity index (χ4v) is 4.29. The smallest absolute Gasteiger partial charge is 0.329 e. The van der Waals surface area contributed by atoms with Gasteiger partial charge in [0.05, 0.1) is 17.9 Å². The molecular weight excluding hydrogens is 528 g/mol. The van der Waals surface area contributed by atoms with Crippen molar-refractivity contribution in [2.24, 2.45) is 7.05 Å². The van der Waals surface area contributed by atoms with Crippen LogP contribution in [0.3, 0.4) is 0 Å². The third-order valence-corrected chi connectivity index (χ3v) is 6.20. The molecule has 0 radical (unpaired) electrons. The number of anilines is 4. The number of nitrogens with zero attached hydrogens (tertiary/aromatic N) is 2. The van der Waals surface area contributed by atoms with Crippen molar-refractivity contribution >= 4 is 46.8 Å². The van der Waals surface area contributed by atoms with Crippen LogP contribution < -0.4 is 21.5 Å². The van der Waals surface area contributed by atoms with Crippen LogP contribution in [0.2, 0.25) is 0 Å². The standard InChI is InChI=1S/C26H32N4O10/c1-12-8-18-19(9-13(12)2)30(24-22(27-18)25(35)29(7)26(36)28-24)10-20(38-15(4)32)23(40-17(6)34)21(39-16(5)33)11-37-14(3)31/h8-9,20-21,23,27H,10-11H2,1-7H3,(H,28,36). The fraction of sp³-hybridized carbons (Fsp3) is 0.462. The summed E-state index contributed by atoms with van der Waals surface area (Å²) in [5.41, 5.74) is 1.59. The molecule has 3 unspecified atom stereocenters. The average Bonchev–Trinajstić information content (AvgIpc) is 2.84. The maximum Gasteiger partial charge on any atom is 0.329 e. The lowest BCUT2D eigenvalue weighted by Crippen LogP contribution is -2.52. The Morgan fingerprint density at radius 3 is 2.00 bits per heavy atom. The number of carbonyl (C=O) groups excluding carboxylic acids is 4. The molecule has 0 spiro atoms. The van der Waals surface area contributed by atoms with E-state index in [1.165, 1.54) is 11.9 Å². The summed E-state index contributed by atoms with van der Waals surface area (Å²) in [5.74, 6) is -2.94. The summed E-state index contributed by atoms with van der Waals surface area (Å²) in [6.07, 6.45) is -4.15. The van der Waals surface area contributed by atoms with Crippen molar-refractivity contribution in [1.29, 1.82) is 0 Å². The molecule has 3 rings (SSSR count). The first-order valence-corrected chi connectivity index (χ1v) is 12.3. The summed E-state index contributed by atoms with van der Waals surface area (Å²) < 4.78 is 22.3. The molecule has 2 aromatic rings. The van der Waals surface area contributed by atoms with Gasteiger partial charge in [0.15, 0.2) is 18.3 Å². The normalized spacial score (nSPS) is 14.0. The minimum atomic E-state index is -1.45. The molecule has 0 saturated heterocycles. The van der Waals surface area contributed by atoms with Crippen LogP contribution in [-0.4, -0.2) is 64.9 Å². The molecule has 2 N–H and O–H groups in total. The zero-order valence-corrected chi connectivity index (χ0v) is 23.3. The number of hydrogen-bond acceptors (Lipinski definition) is 12. The molecule has 0 amide bonds. The number of aromatic amines is 1. The van der Waals surface area contributed by atoms with Crippen LogP contribution in [0.15, 0.2) is 21.7 Å². The Bertz CT molecular complexity index is 1460. The lowest BCUT2D eigenvalue weighted by molar-refractivity contribution is -0.188. The lowest BCUT2D eigenvalue weighted by Gasteiger charge is -2.38. The van der Waals surface area contributed by atoms with Crippen LogP contribution in [0.25, 0.3) is 0 Å². The highest BCUT2D eigenvalue weighted by atomic mass is 16.6. The Labute approximate surface area is 229 Å². The number of aromatic nitrogens is 2. The van der Waals surface area contributed by atoms with Crippen LogP contribution in [0.5, 0.6) is 0 Å². The number of nitrogens with one attached hydrogen (secondary N) is 2. The summed E-state index contributed by atoms with van der Waals surface area (Å²) in [7, 11) is 1.32. The molecule has 0 fully saturated rings. The van der Waals surface area contributed by atoms with Gasteiger partial charge in [0.25, 0.3) is 5.56 Å². The number of H-pyrrole nitrogens is 1. The quantitative estimate of drug-likeness (QED) is 0.332. The first-order chi connectivity index (χ1) is 18.7. The number of fused-ring (bicyclic) bond motifs is 2. The van der Waals surface area contributed by atoms with Crippen molar-refractivity contribution in [3.63, 3.8) is 0 Å². The van der Waals surface area contributed by atoms with Crippen LogP contribution >= 0.6 is 0 Å². The van der Waals surface area contributed by atoms with Gasteiger partial charge in [-0.25, -0.2) is 4.79 Å². The second-order valence-corrected chi connectivity index (χ2v) is 9.38. The molecule has 3 atom stereocenters. The topological polar surface area (TPSA) is 175 Å². The summed E-state index contributed by atoms with van der Waals surface area (Å²) in [6, 6.07) is 3.63. The minimum Gasteiger partial charge on any atom is -0.462 e. The molecule has 40 heavy (non-hydrogen) atoms. The zero-order chi connectivity index (χ0) is 29.9. The first kappa shape index (κ1) is 29.9. The van der Waals surface area contributed by atoms with E-state index in [2.05, 4.69) is 10.3 Å². The lowest BCUT2D eigenvalue weighted by atomic mass is 10.0. The first-order valence-electron chi connectivity index (χ1n) is 12.3. The summed E-state index contributed by atoms with van der Waals surface area (Å²) >= 11 is 0. The van der Waals surface area contributed by atoms with Crippen molar-refractivity contribution in [2.75, 3.05) is 23.4 Å². The van der Waals surface area contributed by atoms with E-state index in [1.54, 1.807) is 0 Å². The van der Waals surface area contributed by atoms with Crippen molar-refractivity contribution < 1.29 is 38.1 Å². The molecule has 1 aromatic heterocycles. The third-order valence-electron chi connectivity index (χ3n) is 6.20. The van der Waals surface area contributed by atoms with Gasteiger partial charge in [-0.15, -0.1) is 0 Å². The van der Waals surface area contributed by atoms with Crippen molar-refractivity contribution in [3.8, 4) is 0 Å². The van der Waals surface area contributed by atoms with E-state index in [-0.39, 0.29) is 18.1 Å². The predicted molar refractivity (Wildman–Crippen MR) is 142 cm³/mol. The van der Waals surface area contributed by atoms with Gasteiger partial charge in [0, 0.05) is 34.7 Å². The SMILES string of the molecule is CC(=O)OCC(OC(C)=O)C(OC(C)=O)C(CN1c2cc(C)c(C)cc2Nc2c1[nH]c(=O)n(C)c2=O)OC(C)=O. The Hall–Kier alpha value is -4.62. The highest BCUT2D eigenvalue weighted by Gasteiger charge is 2.41. The van der Waals surface area contributed by atoms with E-state index in [4.69, 9.17) is 18.9 Å². The van der Waals surface area contributed by atoms with Gasteiger partial charge in [0.2, 0.25) is 0 Å². The molecule has 1 aliphatic heterocycles. The van der Waals surface area contributed by atoms with Crippen LogP contribution in [-0.2, 0) is 45.2 Å². The minimum absolute atomic E-state index is 0.0555. The van der Waals surface area contributed by atoms with Gasteiger partial charge >= 0.3 is 29.6 Å². The fourth-order valence-electron chi connectivity index (χ4n) is 4.29. The number of benzene rings is 1. The van der Waals surface area contributed by atoms with Gasteiger partial charge < -0.3 is 29.2 Å². The number of hydrogen-bond donors (Lipinski definition) is 2. The van der Waals surface area contributed by atoms with Gasteiger partial charge in [-0.2, -0.15) is 0 Å².